The second-order valence-electron chi connectivity index (χ2n) is 6.25. The van der Waals surface area contributed by atoms with Gasteiger partial charge in [0.15, 0.2) is 11.5 Å². The van der Waals surface area contributed by atoms with Gasteiger partial charge in [-0.15, -0.1) is 0 Å². The quantitative estimate of drug-likeness (QED) is 0.580. The van der Waals surface area contributed by atoms with Gasteiger partial charge in [0, 0.05) is 13.0 Å². The monoisotopic (exact) mass is 366 g/mol. The number of aliphatic hydroxyl groups is 1. The smallest absolute Gasteiger partial charge is 0.161 e. The van der Waals surface area contributed by atoms with Gasteiger partial charge < -0.3 is 19.1 Å². The topological polar surface area (TPSA) is 56.5 Å². The van der Waals surface area contributed by atoms with Crippen molar-refractivity contribution >= 4 is 17.1 Å². The first-order chi connectivity index (χ1) is 13.3. The van der Waals surface area contributed by atoms with Crippen LogP contribution >= 0.6 is 0 Å². The molecule has 142 valence electrons. The summed E-state index contributed by atoms with van der Waals surface area (Å²) in [6, 6.07) is 14.0. The highest BCUT2D eigenvalue weighted by molar-refractivity contribution is 5.75. The van der Waals surface area contributed by atoms with Crippen molar-refractivity contribution < 1.29 is 14.6 Å². The Morgan fingerprint density at radius 1 is 1.15 bits per heavy atom. The van der Waals surface area contributed by atoms with Gasteiger partial charge in [-0.1, -0.05) is 30.4 Å². The van der Waals surface area contributed by atoms with Crippen molar-refractivity contribution in [2.45, 2.75) is 26.3 Å². The third-order valence-electron chi connectivity index (χ3n) is 4.40. The minimum Gasteiger partial charge on any atom is -0.493 e. The third-order valence-corrected chi connectivity index (χ3v) is 4.40. The number of hydrogen-bond acceptors (Lipinski definition) is 4. The third kappa shape index (κ3) is 4.49. The SMILES string of the molecule is C/C=C/c1ccc(OCCCn2c(CCO)nc3ccccc32)c(OC)c1. The average Bonchev–Trinajstić information content (AvgIpc) is 3.04. The van der Waals surface area contributed by atoms with Crippen LogP contribution in [0, 0.1) is 0 Å². The number of benzene rings is 2. The zero-order chi connectivity index (χ0) is 19.1. The fourth-order valence-electron chi connectivity index (χ4n) is 3.17. The molecule has 1 N–H and O–H groups in total. The maximum absolute atomic E-state index is 9.31. The first-order valence-electron chi connectivity index (χ1n) is 9.25. The zero-order valence-electron chi connectivity index (χ0n) is 15.9. The number of methoxy groups -OCH3 is 1. The first kappa shape index (κ1) is 19.0. The van der Waals surface area contributed by atoms with Crippen LogP contribution in [-0.2, 0) is 13.0 Å². The van der Waals surface area contributed by atoms with Crippen LogP contribution in [0.15, 0.2) is 48.5 Å². The van der Waals surface area contributed by atoms with Crippen LogP contribution in [0.1, 0.15) is 24.7 Å². The van der Waals surface area contributed by atoms with Crippen molar-refractivity contribution in [1.82, 2.24) is 9.55 Å². The highest BCUT2D eigenvalue weighted by Crippen LogP contribution is 2.28. The number of aliphatic hydroxyl groups excluding tert-OH is 1. The van der Waals surface area contributed by atoms with Gasteiger partial charge in [-0.2, -0.15) is 0 Å². The number of hydrogen-bond donors (Lipinski definition) is 1. The lowest BCUT2D eigenvalue weighted by atomic mass is 10.2. The Bertz CT molecular complexity index is 915. The molecule has 0 aliphatic carbocycles. The van der Waals surface area contributed by atoms with Crippen LogP contribution in [0.25, 0.3) is 17.1 Å². The summed E-state index contributed by atoms with van der Waals surface area (Å²) in [7, 11) is 1.65. The van der Waals surface area contributed by atoms with Gasteiger partial charge >= 0.3 is 0 Å². The first-order valence-corrected chi connectivity index (χ1v) is 9.25. The molecule has 5 nitrogen and oxygen atoms in total. The molecule has 0 unspecified atom stereocenters. The van der Waals surface area contributed by atoms with Crippen LogP contribution < -0.4 is 9.47 Å². The lowest BCUT2D eigenvalue weighted by Crippen LogP contribution is -2.09. The van der Waals surface area contributed by atoms with Gasteiger partial charge in [0.1, 0.15) is 5.82 Å². The van der Waals surface area contributed by atoms with E-state index in [2.05, 4.69) is 15.6 Å². The molecule has 5 heteroatoms. The van der Waals surface area contributed by atoms with Gasteiger partial charge in [0.2, 0.25) is 0 Å². The van der Waals surface area contributed by atoms with Gasteiger partial charge in [0.25, 0.3) is 0 Å². The summed E-state index contributed by atoms with van der Waals surface area (Å²) in [6.45, 7) is 3.44. The Balaban J connectivity index is 1.65. The summed E-state index contributed by atoms with van der Waals surface area (Å²) in [5, 5.41) is 9.31. The Morgan fingerprint density at radius 2 is 2.00 bits per heavy atom. The van der Waals surface area contributed by atoms with E-state index in [1.165, 1.54) is 0 Å². The molecule has 0 saturated carbocycles. The fraction of sp³-hybridized carbons (Fsp3) is 0.318. The highest BCUT2D eigenvalue weighted by Gasteiger charge is 2.10. The molecule has 1 heterocycles. The number of nitrogens with zero attached hydrogens (tertiary/aromatic N) is 2. The van der Waals surface area contributed by atoms with Crippen LogP contribution in [-0.4, -0.2) is 35.0 Å². The van der Waals surface area contributed by atoms with E-state index in [4.69, 9.17) is 9.47 Å². The lowest BCUT2D eigenvalue weighted by molar-refractivity contribution is 0.279. The summed E-state index contributed by atoms with van der Waals surface area (Å²) < 4.78 is 13.5. The van der Waals surface area contributed by atoms with E-state index in [9.17, 15) is 5.11 Å². The number of allylic oxidation sites excluding steroid dienone is 1. The summed E-state index contributed by atoms with van der Waals surface area (Å²) in [4.78, 5) is 4.63. The number of rotatable bonds is 9. The van der Waals surface area contributed by atoms with E-state index in [-0.39, 0.29) is 6.61 Å². The molecular weight excluding hydrogens is 340 g/mol. The summed E-state index contributed by atoms with van der Waals surface area (Å²) >= 11 is 0. The Kier molecular flexibility index (Phi) is 6.49. The molecule has 0 aliphatic rings. The number of para-hydroxylation sites is 2. The molecule has 0 radical (unpaired) electrons. The number of aryl methyl sites for hydroxylation is 1. The van der Waals surface area contributed by atoms with Crippen molar-refractivity contribution in [2.75, 3.05) is 20.3 Å². The predicted molar refractivity (Wildman–Crippen MR) is 108 cm³/mol. The molecule has 0 amide bonds. The van der Waals surface area contributed by atoms with Crippen LogP contribution in [0.2, 0.25) is 0 Å². The molecule has 0 saturated heterocycles. The van der Waals surface area contributed by atoms with E-state index in [0.717, 1.165) is 46.9 Å². The van der Waals surface area contributed by atoms with Gasteiger partial charge in [-0.05, 0) is 43.2 Å². The van der Waals surface area contributed by atoms with E-state index in [1.807, 2.05) is 55.5 Å². The molecule has 0 atom stereocenters. The van der Waals surface area contributed by atoms with E-state index < -0.39 is 0 Å². The van der Waals surface area contributed by atoms with Crippen molar-refractivity contribution in [3.8, 4) is 11.5 Å². The van der Waals surface area contributed by atoms with Crippen molar-refractivity contribution in [3.63, 3.8) is 0 Å². The van der Waals surface area contributed by atoms with Crippen LogP contribution in [0.4, 0.5) is 0 Å². The van der Waals surface area contributed by atoms with E-state index in [1.54, 1.807) is 7.11 Å². The van der Waals surface area contributed by atoms with Gasteiger partial charge in [0.05, 0.1) is 31.4 Å². The summed E-state index contributed by atoms with van der Waals surface area (Å²) in [6.07, 6.45) is 5.40. The molecular formula is C22H26N2O3. The van der Waals surface area contributed by atoms with Gasteiger partial charge in [-0.3, -0.25) is 0 Å². The predicted octanol–water partition coefficient (Wildman–Crippen LogP) is 4.08. The van der Waals surface area contributed by atoms with Crippen molar-refractivity contribution in [1.29, 1.82) is 0 Å². The van der Waals surface area contributed by atoms with Gasteiger partial charge in [-0.25, -0.2) is 4.98 Å². The largest absolute Gasteiger partial charge is 0.493 e. The van der Waals surface area contributed by atoms with Crippen molar-refractivity contribution in [3.05, 3.63) is 59.9 Å². The highest BCUT2D eigenvalue weighted by atomic mass is 16.5. The number of imidazole rings is 1. The second-order valence-corrected chi connectivity index (χ2v) is 6.25. The Hall–Kier alpha value is -2.79. The van der Waals surface area contributed by atoms with Crippen LogP contribution in [0.3, 0.4) is 0 Å². The average molecular weight is 366 g/mol. The maximum Gasteiger partial charge on any atom is 0.161 e. The number of fused-ring (bicyclic) bond motifs is 1. The van der Waals surface area contributed by atoms with E-state index in [0.29, 0.717) is 13.0 Å². The molecule has 3 aromatic rings. The van der Waals surface area contributed by atoms with Crippen LogP contribution in [0.5, 0.6) is 11.5 Å². The molecule has 3 rings (SSSR count). The zero-order valence-corrected chi connectivity index (χ0v) is 15.9. The summed E-state index contributed by atoms with van der Waals surface area (Å²) in [5.74, 6) is 2.39. The maximum atomic E-state index is 9.31. The standard InChI is InChI=1S/C22H26N2O3/c1-3-7-17-10-11-20(21(16-17)26-2)27-15-6-13-24-19-9-5-4-8-18(19)23-22(24)12-14-25/h3-5,7-11,16,25H,6,12-15H2,1-2H3/b7-3+. The number of aromatic nitrogens is 2. The molecule has 1 aromatic heterocycles. The van der Waals surface area contributed by atoms with E-state index >= 15 is 0 Å². The minimum atomic E-state index is 0.0928. The number of ether oxygens (including phenoxy) is 2. The molecule has 0 spiro atoms. The Morgan fingerprint density at radius 3 is 2.78 bits per heavy atom. The van der Waals surface area contributed by atoms with Crippen molar-refractivity contribution in [2.24, 2.45) is 0 Å². The summed E-state index contributed by atoms with van der Waals surface area (Å²) in [5.41, 5.74) is 3.14. The Labute approximate surface area is 159 Å². The normalized spacial score (nSPS) is 11.4. The molecule has 0 aliphatic heterocycles. The molecule has 0 bridgehead atoms. The second kappa shape index (κ2) is 9.24. The molecule has 0 fully saturated rings. The molecule has 27 heavy (non-hydrogen) atoms. The minimum absolute atomic E-state index is 0.0928. The lowest BCUT2D eigenvalue weighted by Gasteiger charge is -2.13. The fourth-order valence-corrected chi connectivity index (χ4v) is 3.17. The molecule has 2 aromatic carbocycles.